The van der Waals surface area contributed by atoms with Gasteiger partial charge >= 0.3 is 0 Å². The lowest BCUT2D eigenvalue weighted by atomic mass is 10.1. The first kappa shape index (κ1) is 14.4. The van der Waals surface area contributed by atoms with E-state index in [-0.39, 0.29) is 5.75 Å². The Morgan fingerprint density at radius 2 is 1.86 bits per heavy atom. The molecule has 0 aliphatic heterocycles. The predicted octanol–water partition coefficient (Wildman–Crippen LogP) is 3.48. The molecular weight excluding hydrogens is 278 g/mol. The van der Waals surface area contributed by atoms with Crippen molar-refractivity contribution in [3.8, 4) is 17.2 Å². The summed E-state index contributed by atoms with van der Waals surface area (Å²) in [6.45, 7) is 4.82. The fraction of sp³-hybridized carbons (Fsp3) is 0.294. The molecule has 1 aromatic heterocycles. The minimum atomic E-state index is 0.167. The normalized spacial score (nSPS) is 11.0. The van der Waals surface area contributed by atoms with Crippen LogP contribution in [-0.4, -0.2) is 26.7 Å². The summed E-state index contributed by atoms with van der Waals surface area (Å²) in [5.41, 5.74) is 3.23. The zero-order chi connectivity index (χ0) is 15.5. The molecule has 0 radical (unpaired) electrons. The molecule has 22 heavy (non-hydrogen) atoms. The van der Waals surface area contributed by atoms with Crippen molar-refractivity contribution in [2.24, 2.45) is 0 Å². The topological polar surface area (TPSA) is 60.2 Å². The van der Waals surface area contributed by atoms with Gasteiger partial charge in [0.05, 0.1) is 6.61 Å². The first-order valence-electron chi connectivity index (χ1n) is 7.53. The molecular formula is C17H19N3O2. The van der Waals surface area contributed by atoms with Crippen molar-refractivity contribution in [3.63, 3.8) is 0 Å². The van der Waals surface area contributed by atoms with E-state index >= 15 is 0 Å². The minimum absolute atomic E-state index is 0.167. The highest BCUT2D eigenvalue weighted by atomic mass is 16.5. The summed E-state index contributed by atoms with van der Waals surface area (Å²) in [6, 6.07) is 11.1. The maximum atomic E-state index is 10.1. The number of phenolic OH excluding ortho intramolecular Hbond substituents is 1. The van der Waals surface area contributed by atoms with Crippen molar-refractivity contribution in [2.45, 2.75) is 26.7 Å². The number of rotatable bonds is 5. The summed E-state index contributed by atoms with van der Waals surface area (Å²) in [6.07, 6.45) is 1.85. The first-order chi connectivity index (χ1) is 10.7. The second kappa shape index (κ2) is 6.05. The Morgan fingerprint density at radius 3 is 2.64 bits per heavy atom. The molecule has 1 heterocycles. The summed E-state index contributed by atoms with van der Waals surface area (Å²) in [7, 11) is 0. The molecule has 0 bridgehead atoms. The van der Waals surface area contributed by atoms with Crippen molar-refractivity contribution < 1.29 is 9.84 Å². The van der Waals surface area contributed by atoms with Crippen molar-refractivity contribution in [1.29, 1.82) is 0 Å². The van der Waals surface area contributed by atoms with Gasteiger partial charge < -0.3 is 9.84 Å². The van der Waals surface area contributed by atoms with E-state index in [0.717, 1.165) is 35.2 Å². The maximum absolute atomic E-state index is 10.1. The van der Waals surface area contributed by atoms with Gasteiger partial charge in [0.15, 0.2) is 0 Å². The smallest absolute Gasteiger partial charge is 0.143 e. The molecule has 0 fully saturated rings. The van der Waals surface area contributed by atoms with E-state index in [4.69, 9.17) is 4.74 Å². The highest BCUT2D eigenvalue weighted by Gasteiger charge is 2.10. The van der Waals surface area contributed by atoms with E-state index in [2.05, 4.69) is 24.0 Å². The Balaban J connectivity index is 2.01. The van der Waals surface area contributed by atoms with Gasteiger partial charge in [-0.15, -0.1) is 15.0 Å². The van der Waals surface area contributed by atoms with Crippen LogP contribution in [0, 0.1) is 0 Å². The average Bonchev–Trinajstić information content (AvgIpc) is 2.96. The SMILES string of the molecule is CCCOc1ccc2nn(-c3cc(CC)ccc3O)nc2c1. The minimum Gasteiger partial charge on any atom is -0.506 e. The zero-order valence-electron chi connectivity index (χ0n) is 12.8. The third-order valence-corrected chi connectivity index (χ3v) is 3.49. The first-order valence-corrected chi connectivity index (χ1v) is 7.53. The number of ether oxygens (including phenoxy) is 1. The number of nitrogens with zero attached hydrogens (tertiary/aromatic N) is 3. The number of benzene rings is 2. The lowest BCUT2D eigenvalue weighted by Crippen LogP contribution is -1.99. The van der Waals surface area contributed by atoms with Crippen molar-refractivity contribution in [3.05, 3.63) is 42.0 Å². The van der Waals surface area contributed by atoms with Gasteiger partial charge in [0.2, 0.25) is 0 Å². The van der Waals surface area contributed by atoms with E-state index in [1.807, 2.05) is 30.3 Å². The lowest BCUT2D eigenvalue weighted by Gasteiger charge is -2.04. The number of aryl methyl sites for hydroxylation is 1. The zero-order valence-corrected chi connectivity index (χ0v) is 12.8. The molecule has 3 aromatic rings. The molecule has 114 valence electrons. The molecule has 0 atom stereocenters. The van der Waals surface area contributed by atoms with Gasteiger partial charge in [0.1, 0.15) is 28.2 Å². The van der Waals surface area contributed by atoms with Crippen LogP contribution in [0.4, 0.5) is 0 Å². The highest BCUT2D eigenvalue weighted by molar-refractivity contribution is 5.75. The van der Waals surface area contributed by atoms with E-state index < -0.39 is 0 Å². The Bertz CT molecular complexity index is 796. The summed E-state index contributed by atoms with van der Waals surface area (Å²) in [5, 5.41) is 18.9. The van der Waals surface area contributed by atoms with Crippen LogP contribution in [0.1, 0.15) is 25.8 Å². The standard InChI is InChI=1S/C17H19N3O2/c1-3-9-22-13-6-7-14-15(11-13)19-20(18-14)16-10-12(4-2)5-8-17(16)21/h5-8,10-11,21H,3-4,9H2,1-2H3. The average molecular weight is 297 g/mol. The number of aromatic hydroxyl groups is 1. The third-order valence-electron chi connectivity index (χ3n) is 3.49. The molecule has 1 N–H and O–H groups in total. The molecule has 0 unspecified atom stereocenters. The van der Waals surface area contributed by atoms with Gasteiger partial charge in [-0.1, -0.05) is 19.9 Å². The van der Waals surface area contributed by atoms with Gasteiger partial charge in [-0.2, -0.15) is 0 Å². The quantitative estimate of drug-likeness (QED) is 0.783. The molecule has 0 saturated carbocycles. The lowest BCUT2D eigenvalue weighted by molar-refractivity contribution is 0.318. The van der Waals surface area contributed by atoms with Crippen LogP contribution >= 0.6 is 0 Å². The monoisotopic (exact) mass is 297 g/mol. The molecule has 0 spiro atoms. The van der Waals surface area contributed by atoms with E-state index in [1.165, 1.54) is 4.80 Å². The largest absolute Gasteiger partial charge is 0.506 e. The predicted molar refractivity (Wildman–Crippen MR) is 85.7 cm³/mol. The fourth-order valence-corrected chi connectivity index (χ4v) is 2.26. The molecule has 2 aromatic carbocycles. The molecule has 5 heteroatoms. The van der Waals surface area contributed by atoms with Crippen LogP contribution in [0.2, 0.25) is 0 Å². The number of hydrogen-bond acceptors (Lipinski definition) is 4. The van der Waals surface area contributed by atoms with Crippen LogP contribution in [0.3, 0.4) is 0 Å². The second-order valence-corrected chi connectivity index (χ2v) is 5.17. The molecule has 0 amide bonds. The van der Waals surface area contributed by atoms with Gasteiger partial charge in [-0.05, 0) is 42.7 Å². The van der Waals surface area contributed by atoms with Gasteiger partial charge in [0, 0.05) is 6.07 Å². The summed E-state index contributed by atoms with van der Waals surface area (Å²) < 4.78 is 5.61. The number of fused-ring (bicyclic) bond motifs is 1. The summed E-state index contributed by atoms with van der Waals surface area (Å²) >= 11 is 0. The van der Waals surface area contributed by atoms with E-state index in [1.54, 1.807) is 6.07 Å². The van der Waals surface area contributed by atoms with Crippen molar-refractivity contribution >= 4 is 11.0 Å². The molecule has 0 aliphatic carbocycles. The number of hydrogen-bond donors (Lipinski definition) is 1. The summed E-state index contributed by atoms with van der Waals surface area (Å²) in [5.74, 6) is 0.952. The van der Waals surface area contributed by atoms with Crippen molar-refractivity contribution in [2.75, 3.05) is 6.61 Å². The van der Waals surface area contributed by atoms with Gasteiger partial charge in [-0.25, -0.2) is 0 Å². The second-order valence-electron chi connectivity index (χ2n) is 5.17. The Morgan fingerprint density at radius 1 is 1.05 bits per heavy atom. The van der Waals surface area contributed by atoms with Gasteiger partial charge in [-0.3, -0.25) is 0 Å². The molecule has 0 saturated heterocycles. The van der Waals surface area contributed by atoms with Crippen LogP contribution in [0.25, 0.3) is 16.7 Å². The van der Waals surface area contributed by atoms with E-state index in [0.29, 0.717) is 12.3 Å². The number of aromatic nitrogens is 3. The van der Waals surface area contributed by atoms with Crippen LogP contribution in [-0.2, 0) is 6.42 Å². The Hall–Kier alpha value is -2.56. The Kier molecular flexibility index (Phi) is 3.96. The number of phenols is 1. The third kappa shape index (κ3) is 2.74. The van der Waals surface area contributed by atoms with Crippen LogP contribution in [0.15, 0.2) is 36.4 Å². The van der Waals surface area contributed by atoms with Crippen molar-refractivity contribution in [1.82, 2.24) is 15.0 Å². The molecule has 3 rings (SSSR count). The maximum Gasteiger partial charge on any atom is 0.143 e. The van der Waals surface area contributed by atoms with Crippen LogP contribution in [0.5, 0.6) is 11.5 Å². The molecule has 0 aliphatic rings. The van der Waals surface area contributed by atoms with Crippen LogP contribution < -0.4 is 4.74 Å². The van der Waals surface area contributed by atoms with E-state index in [9.17, 15) is 5.11 Å². The molecule has 5 nitrogen and oxygen atoms in total. The Labute approximate surface area is 129 Å². The fourth-order valence-electron chi connectivity index (χ4n) is 2.26. The summed E-state index contributed by atoms with van der Waals surface area (Å²) in [4.78, 5) is 1.47. The van der Waals surface area contributed by atoms with Gasteiger partial charge in [0.25, 0.3) is 0 Å². The highest BCUT2D eigenvalue weighted by Crippen LogP contribution is 2.24.